The van der Waals surface area contributed by atoms with Crippen LogP contribution in [0.15, 0.2) is 18.2 Å². The fourth-order valence-corrected chi connectivity index (χ4v) is 3.03. The van der Waals surface area contributed by atoms with Crippen LogP contribution in [0.2, 0.25) is 0 Å². The highest BCUT2D eigenvalue weighted by atomic mass is 19.4. The van der Waals surface area contributed by atoms with Gasteiger partial charge in [0.2, 0.25) is 11.6 Å². The maximum Gasteiger partial charge on any atom is 0.420 e. The van der Waals surface area contributed by atoms with E-state index in [0.717, 1.165) is 0 Å². The summed E-state index contributed by atoms with van der Waals surface area (Å²) in [6.07, 6.45) is -17.1. The summed E-state index contributed by atoms with van der Waals surface area (Å²) < 4.78 is 213. The summed E-state index contributed by atoms with van der Waals surface area (Å²) >= 11 is 0. The SMILES string of the molecule is Nc1c(F)c(Oc2c(F)cc(C(F)(F)F)c(Oc3cc(C(F)(F)F)c(F)c(N)c3F)c2F)cc(C(F)(F)F)c1F. The number of hydrogen-bond donors (Lipinski definition) is 2. The Balaban J connectivity index is 2.28. The molecule has 0 radical (unpaired) electrons. The summed E-state index contributed by atoms with van der Waals surface area (Å²) in [5, 5.41) is 0. The van der Waals surface area contributed by atoms with Gasteiger partial charge >= 0.3 is 18.5 Å². The number of hydrogen-bond acceptors (Lipinski definition) is 4. The van der Waals surface area contributed by atoms with Gasteiger partial charge in [0.1, 0.15) is 16.9 Å². The number of benzene rings is 3. The molecular weight excluding hydrogens is 597 g/mol. The first-order chi connectivity index (χ1) is 18.1. The van der Waals surface area contributed by atoms with Gasteiger partial charge in [-0.3, -0.25) is 0 Å². The molecule has 3 rings (SSSR count). The molecule has 0 saturated carbocycles. The van der Waals surface area contributed by atoms with E-state index in [1.54, 1.807) is 0 Å². The van der Waals surface area contributed by atoms with E-state index in [0.29, 0.717) is 0 Å². The summed E-state index contributed by atoms with van der Waals surface area (Å²) in [6, 6.07) is -1.74. The summed E-state index contributed by atoms with van der Waals surface area (Å²) in [5.74, 6) is -22.9. The van der Waals surface area contributed by atoms with E-state index in [1.165, 1.54) is 0 Å². The molecule has 218 valence electrons. The first kappa shape index (κ1) is 30.4. The van der Waals surface area contributed by atoms with Gasteiger partial charge in [-0.15, -0.1) is 0 Å². The fourth-order valence-electron chi connectivity index (χ4n) is 3.03. The fraction of sp³-hybridized carbons (Fsp3) is 0.143. The molecule has 0 fully saturated rings. The summed E-state index contributed by atoms with van der Waals surface area (Å²) in [7, 11) is 0. The monoisotopic (exact) mass is 604 g/mol. The van der Waals surface area contributed by atoms with Gasteiger partial charge in [-0.25, -0.2) is 22.0 Å². The molecule has 4 nitrogen and oxygen atoms in total. The Bertz CT molecular complexity index is 1490. The standard InChI is InChI=1S/C21H7F15N2O2/c22-7-1-6(21(34,35)36)17(39-8-2-4(19(28,29)30)10(23)15(37)12(8)25)14(27)18(7)40-9-3-5(20(31,32)33)11(24)16(38)13(9)26/h1-3H,37-38H2. The minimum absolute atomic E-state index is 0.506. The largest absolute Gasteiger partial charge is 0.450 e. The van der Waals surface area contributed by atoms with Crippen LogP contribution >= 0.6 is 0 Å². The Morgan fingerprint density at radius 2 is 0.800 bits per heavy atom. The van der Waals surface area contributed by atoms with Gasteiger partial charge in [-0.2, -0.15) is 43.9 Å². The van der Waals surface area contributed by atoms with Crippen molar-refractivity contribution in [2.75, 3.05) is 11.5 Å². The number of nitrogens with two attached hydrogens (primary N) is 2. The van der Waals surface area contributed by atoms with Crippen molar-refractivity contribution in [1.82, 2.24) is 0 Å². The van der Waals surface area contributed by atoms with Gasteiger partial charge in [-0.1, -0.05) is 0 Å². The minimum Gasteiger partial charge on any atom is -0.450 e. The third-order valence-electron chi connectivity index (χ3n) is 4.87. The average Bonchev–Trinajstić information content (AvgIpc) is 2.80. The molecule has 0 saturated heterocycles. The molecule has 0 aromatic heterocycles. The Hall–Kier alpha value is -4.19. The Kier molecular flexibility index (Phi) is 7.42. The van der Waals surface area contributed by atoms with Gasteiger partial charge < -0.3 is 20.9 Å². The third kappa shape index (κ3) is 5.44. The van der Waals surface area contributed by atoms with Crippen LogP contribution in [-0.2, 0) is 18.5 Å². The van der Waals surface area contributed by atoms with Crippen molar-refractivity contribution < 1.29 is 75.3 Å². The lowest BCUT2D eigenvalue weighted by Crippen LogP contribution is -2.14. The minimum atomic E-state index is -5.82. The lowest BCUT2D eigenvalue weighted by Gasteiger charge is -2.20. The van der Waals surface area contributed by atoms with Crippen molar-refractivity contribution in [2.45, 2.75) is 18.5 Å². The maximum atomic E-state index is 15.1. The number of rotatable bonds is 4. The number of ether oxygens (including phenoxy) is 2. The highest BCUT2D eigenvalue weighted by Crippen LogP contribution is 2.48. The molecule has 3 aromatic rings. The van der Waals surface area contributed by atoms with Crippen molar-refractivity contribution in [3.8, 4) is 23.0 Å². The molecule has 0 aliphatic rings. The molecule has 0 spiro atoms. The highest BCUT2D eigenvalue weighted by Gasteiger charge is 2.42. The van der Waals surface area contributed by atoms with E-state index in [1.807, 2.05) is 0 Å². The van der Waals surface area contributed by atoms with Crippen LogP contribution in [0.4, 0.5) is 77.2 Å². The predicted molar refractivity (Wildman–Crippen MR) is 103 cm³/mol. The van der Waals surface area contributed by atoms with Crippen molar-refractivity contribution in [3.63, 3.8) is 0 Å². The average molecular weight is 604 g/mol. The van der Waals surface area contributed by atoms with E-state index in [2.05, 4.69) is 9.47 Å². The predicted octanol–water partition coefficient (Wildman–Crippen LogP) is 8.33. The zero-order chi connectivity index (χ0) is 30.7. The van der Waals surface area contributed by atoms with Crippen LogP contribution in [0.3, 0.4) is 0 Å². The molecule has 4 N–H and O–H groups in total. The van der Waals surface area contributed by atoms with Gasteiger partial charge in [0.05, 0.1) is 11.1 Å². The smallest absolute Gasteiger partial charge is 0.420 e. The number of halogens is 15. The second kappa shape index (κ2) is 9.77. The van der Waals surface area contributed by atoms with E-state index >= 15 is 4.39 Å². The first-order valence-corrected chi connectivity index (χ1v) is 9.71. The number of alkyl halides is 9. The summed E-state index contributed by atoms with van der Waals surface area (Å²) in [4.78, 5) is 0. The quantitative estimate of drug-likeness (QED) is 0.232. The van der Waals surface area contributed by atoms with E-state index in [9.17, 15) is 61.5 Å². The second-order valence-electron chi connectivity index (χ2n) is 7.50. The molecule has 0 bridgehead atoms. The van der Waals surface area contributed by atoms with E-state index < -0.39 is 123 Å². The van der Waals surface area contributed by atoms with E-state index in [4.69, 9.17) is 11.5 Å². The summed E-state index contributed by atoms with van der Waals surface area (Å²) in [6.45, 7) is 0. The number of nitrogen functional groups attached to an aromatic ring is 2. The molecule has 3 aromatic carbocycles. The maximum absolute atomic E-state index is 15.1. The molecule has 0 aliphatic carbocycles. The molecular formula is C21H7F15N2O2. The zero-order valence-corrected chi connectivity index (χ0v) is 18.4. The van der Waals surface area contributed by atoms with Gasteiger partial charge in [0.25, 0.3) is 0 Å². The van der Waals surface area contributed by atoms with Crippen molar-refractivity contribution >= 4 is 11.4 Å². The molecule has 0 amide bonds. The number of anilines is 2. The molecule has 0 aliphatic heterocycles. The topological polar surface area (TPSA) is 70.5 Å². The van der Waals surface area contributed by atoms with Gasteiger partial charge in [0, 0.05) is 0 Å². The lowest BCUT2D eigenvalue weighted by molar-refractivity contribution is -0.141. The van der Waals surface area contributed by atoms with Gasteiger partial charge in [0.15, 0.2) is 46.3 Å². The van der Waals surface area contributed by atoms with Crippen LogP contribution < -0.4 is 20.9 Å². The van der Waals surface area contributed by atoms with Crippen LogP contribution in [-0.4, -0.2) is 0 Å². The van der Waals surface area contributed by atoms with Crippen molar-refractivity contribution in [1.29, 1.82) is 0 Å². The molecule has 0 unspecified atom stereocenters. The van der Waals surface area contributed by atoms with Crippen molar-refractivity contribution in [3.05, 3.63) is 69.8 Å². The molecule has 0 heterocycles. The first-order valence-electron chi connectivity index (χ1n) is 9.71. The third-order valence-corrected chi connectivity index (χ3v) is 4.87. The Labute approximate surface area is 210 Å². The van der Waals surface area contributed by atoms with Crippen LogP contribution in [0.25, 0.3) is 0 Å². The van der Waals surface area contributed by atoms with E-state index in [-0.39, 0.29) is 0 Å². The highest BCUT2D eigenvalue weighted by molar-refractivity contribution is 5.56. The lowest BCUT2D eigenvalue weighted by atomic mass is 10.1. The zero-order valence-electron chi connectivity index (χ0n) is 18.4. The molecule has 0 atom stereocenters. The van der Waals surface area contributed by atoms with Gasteiger partial charge in [-0.05, 0) is 18.2 Å². The molecule has 19 heteroatoms. The normalized spacial score (nSPS) is 12.6. The molecule has 40 heavy (non-hydrogen) atoms. The summed E-state index contributed by atoms with van der Waals surface area (Å²) in [5.41, 5.74) is -1.38. The Morgan fingerprint density at radius 3 is 1.15 bits per heavy atom. The second-order valence-corrected chi connectivity index (χ2v) is 7.50. The Morgan fingerprint density at radius 1 is 0.450 bits per heavy atom. The van der Waals surface area contributed by atoms with Crippen LogP contribution in [0.1, 0.15) is 16.7 Å². The van der Waals surface area contributed by atoms with Crippen LogP contribution in [0.5, 0.6) is 23.0 Å². The van der Waals surface area contributed by atoms with Crippen molar-refractivity contribution in [2.24, 2.45) is 0 Å². The van der Waals surface area contributed by atoms with Crippen LogP contribution in [0, 0.1) is 34.9 Å².